The van der Waals surface area contributed by atoms with Gasteiger partial charge in [-0.2, -0.15) is 123 Å². The van der Waals surface area contributed by atoms with E-state index in [0.717, 1.165) is 0 Å². The Morgan fingerprint density at radius 3 is 0.625 bits per heavy atom. The first-order chi connectivity index (χ1) is 31.7. The summed E-state index contributed by atoms with van der Waals surface area (Å²) >= 11 is 31.0. The topological polar surface area (TPSA) is 49.4 Å². The third-order valence-corrected chi connectivity index (χ3v) is 15.3. The van der Waals surface area contributed by atoms with Crippen LogP contribution in [0.3, 0.4) is 0 Å². The standard InChI is InChI=1S/C32Br4Cl4F28N4/c33-5-6(34)14-2(22(43,44)26(51,52)30(60,61)62)19-11(39)12(40)20(72-19)4(24(47,48)28(55,56)32(66,67)68)16-8(36)7(35)15(70-16)3(23(45,46)27(53,54)31(63,64)65)18-10(38)9(37)17(71-18)1(13(5)69-14)21(41,42)25(49,50)29(57,58)59. The number of rotatable bonds is 8. The number of fused-ring (bicyclic) bond motifs is 4. The molecule has 4 nitrogen and oxygen atoms in total. The van der Waals surface area contributed by atoms with Crippen LogP contribution >= 0.6 is 110 Å². The minimum absolute atomic E-state index is 2.03. The lowest BCUT2D eigenvalue weighted by Crippen LogP contribution is -2.54. The fourth-order valence-corrected chi connectivity index (χ4v) is 8.78. The van der Waals surface area contributed by atoms with Gasteiger partial charge in [0.05, 0.1) is 106 Å². The van der Waals surface area contributed by atoms with E-state index in [1.54, 1.807) is 0 Å². The van der Waals surface area contributed by atoms with Gasteiger partial charge in [-0.25, -0.2) is 20.0 Å². The zero-order valence-corrected chi connectivity index (χ0v) is 40.8. The first kappa shape index (κ1) is 60.6. The molecule has 0 fully saturated rings. The van der Waals surface area contributed by atoms with Gasteiger partial charge in [0, 0.05) is 0 Å². The molecule has 5 rings (SSSR count). The second-order valence-electron chi connectivity index (χ2n) is 13.8. The SMILES string of the molecule is FC(F)(F)C(F)(F)C(F)(F)C1=C2N=C(C(Cl)=C2Cl)C(C(F)(F)C(F)(F)C(F)(F)F)=C2N=C(C(Br)=C2Br)C(C(F)(F)C(F)(F)C(F)(F)F)=C2N=C(C(Cl)=C2Cl)C(C(F)(F)C(F)(F)C(F)(F)F)=C2N=C1C(Br)=C2Br. The van der Waals surface area contributed by atoms with E-state index in [-0.39, 0.29) is 0 Å². The predicted molar refractivity (Wildman–Crippen MR) is 209 cm³/mol. The van der Waals surface area contributed by atoms with Crippen LogP contribution in [-0.2, 0) is 0 Å². The van der Waals surface area contributed by atoms with Crippen LogP contribution < -0.4 is 0 Å². The van der Waals surface area contributed by atoms with E-state index in [9.17, 15) is 52.7 Å². The summed E-state index contributed by atoms with van der Waals surface area (Å²) in [5.41, 5.74) is -36.8. The lowest BCUT2D eigenvalue weighted by atomic mass is 9.94. The number of aliphatic imine (C=N–C) groups is 4. The molecular weight excluding hydrogens is 1430 g/mol. The molecular formula is C32Br4Cl4F28N4. The molecule has 5 heterocycles. The van der Waals surface area contributed by atoms with E-state index < -0.39 is 178 Å². The fourth-order valence-electron chi connectivity index (χ4n) is 5.97. The highest BCUT2D eigenvalue weighted by molar-refractivity contribution is 9.15. The molecule has 0 aliphatic carbocycles. The Balaban J connectivity index is 2.33. The molecule has 0 aromatic carbocycles. The molecule has 0 aromatic heterocycles. The summed E-state index contributed by atoms with van der Waals surface area (Å²) < 4.78 is 408. The van der Waals surface area contributed by atoms with E-state index in [2.05, 4.69) is 20.0 Å². The average molecular weight is 1430 g/mol. The number of nitrogens with zero attached hydrogens (tertiary/aromatic N) is 4. The van der Waals surface area contributed by atoms with Gasteiger partial charge in [-0.05, 0) is 63.7 Å². The fraction of sp³-hybridized carbons (Fsp3) is 0.375. The van der Waals surface area contributed by atoms with E-state index in [1.807, 2.05) is 63.7 Å². The van der Waals surface area contributed by atoms with Crippen LogP contribution in [-0.4, -0.2) is 94.9 Å². The Hall–Kier alpha value is -2.28. The minimum Gasteiger partial charge on any atom is -0.245 e. The van der Waals surface area contributed by atoms with Crippen LogP contribution in [0.2, 0.25) is 0 Å². The van der Waals surface area contributed by atoms with Crippen LogP contribution in [0.15, 0.2) is 103 Å². The van der Waals surface area contributed by atoms with E-state index in [0.29, 0.717) is 0 Å². The maximum absolute atomic E-state index is 16.2. The second-order valence-corrected chi connectivity index (χ2v) is 18.5. The molecule has 40 heteroatoms. The molecule has 0 radical (unpaired) electrons. The zero-order valence-electron chi connectivity index (χ0n) is 31.4. The Morgan fingerprint density at radius 2 is 0.431 bits per heavy atom. The zero-order chi connectivity index (χ0) is 56.4. The molecule has 8 bridgehead atoms. The third-order valence-electron chi connectivity index (χ3n) is 9.48. The monoisotopic (exact) mass is 1430 g/mol. The van der Waals surface area contributed by atoms with Crippen molar-refractivity contribution in [3.63, 3.8) is 0 Å². The maximum Gasteiger partial charge on any atom is 0.460 e. The van der Waals surface area contributed by atoms with Crippen LogP contribution in [0.1, 0.15) is 0 Å². The van der Waals surface area contributed by atoms with E-state index in [4.69, 9.17) is 46.4 Å². The molecule has 0 saturated heterocycles. The van der Waals surface area contributed by atoms with Gasteiger partial charge in [0.2, 0.25) is 0 Å². The second kappa shape index (κ2) is 17.6. The Morgan fingerprint density at radius 1 is 0.250 bits per heavy atom. The molecule has 0 saturated carbocycles. The highest BCUT2D eigenvalue weighted by Gasteiger charge is 2.80. The van der Waals surface area contributed by atoms with Gasteiger partial charge in [0.25, 0.3) is 0 Å². The number of hydrogen-bond donors (Lipinski definition) is 0. The Bertz CT molecular complexity index is 2500. The van der Waals surface area contributed by atoms with Crippen molar-refractivity contribution in [1.29, 1.82) is 0 Å². The predicted octanol–water partition coefficient (Wildman–Crippen LogP) is 17.5. The number of hydrogen-bond acceptors (Lipinski definition) is 4. The number of allylic oxidation sites excluding steroid dienone is 12. The first-order valence-electron chi connectivity index (χ1n) is 16.6. The molecule has 0 aromatic rings. The number of halogens is 36. The quantitative estimate of drug-likeness (QED) is 0.218. The first-order valence-corrected chi connectivity index (χ1v) is 21.3. The van der Waals surface area contributed by atoms with Gasteiger partial charge in [0.15, 0.2) is 0 Å². The van der Waals surface area contributed by atoms with Crippen LogP contribution in [0, 0.1) is 0 Å². The maximum atomic E-state index is 16.2. The van der Waals surface area contributed by atoms with Crippen molar-refractivity contribution in [2.45, 2.75) is 72.1 Å². The molecule has 0 N–H and O–H groups in total. The highest BCUT2D eigenvalue weighted by atomic mass is 79.9. The molecule has 0 spiro atoms. The van der Waals surface area contributed by atoms with Crippen molar-refractivity contribution in [3.05, 3.63) is 83.1 Å². The molecule has 400 valence electrons. The summed E-state index contributed by atoms with van der Waals surface area (Å²) in [6.45, 7) is 0. The van der Waals surface area contributed by atoms with Crippen molar-refractivity contribution in [2.24, 2.45) is 20.0 Å². The van der Waals surface area contributed by atoms with Gasteiger partial charge in [-0.3, -0.25) is 0 Å². The molecule has 0 unspecified atom stereocenters. The van der Waals surface area contributed by atoms with E-state index >= 15 is 70.2 Å². The summed E-state index contributed by atoms with van der Waals surface area (Å²) in [7, 11) is 0. The van der Waals surface area contributed by atoms with Gasteiger partial charge in [-0.15, -0.1) is 0 Å². The smallest absolute Gasteiger partial charge is 0.245 e. The van der Waals surface area contributed by atoms with Crippen LogP contribution in [0.4, 0.5) is 123 Å². The van der Waals surface area contributed by atoms with Gasteiger partial charge < -0.3 is 0 Å². The van der Waals surface area contributed by atoms with Crippen molar-refractivity contribution in [2.75, 3.05) is 0 Å². The molecule has 5 aliphatic rings. The summed E-state index contributed by atoms with van der Waals surface area (Å²) in [6.07, 6.45) is -30.6. The largest absolute Gasteiger partial charge is 0.460 e. The van der Waals surface area contributed by atoms with Crippen molar-refractivity contribution >= 4 is 133 Å². The van der Waals surface area contributed by atoms with Crippen LogP contribution in [0.25, 0.3) is 0 Å². The molecule has 5 aliphatic heterocycles. The summed E-state index contributed by atoms with van der Waals surface area (Å²) in [5, 5.41) is -9.78. The Labute approximate surface area is 428 Å². The average Bonchev–Trinajstić information content (AvgIpc) is 3.84. The lowest BCUT2D eigenvalue weighted by Gasteiger charge is -2.31. The van der Waals surface area contributed by atoms with Crippen molar-refractivity contribution in [3.8, 4) is 0 Å². The van der Waals surface area contributed by atoms with Gasteiger partial charge >= 0.3 is 72.1 Å². The Kier molecular flexibility index (Phi) is 14.8. The summed E-state index contributed by atoms with van der Waals surface area (Å²) in [4.78, 5) is 10.5. The highest BCUT2D eigenvalue weighted by Crippen LogP contribution is 2.62. The number of alkyl halides is 28. The van der Waals surface area contributed by atoms with Gasteiger partial charge in [-0.1, -0.05) is 46.4 Å². The molecule has 0 amide bonds. The van der Waals surface area contributed by atoms with Crippen molar-refractivity contribution in [1.82, 2.24) is 0 Å². The molecule has 0 atom stereocenters. The molecule has 72 heavy (non-hydrogen) atoms. The lowest BCUT2D eigenvalue weighted by molar-refractivity contribution is -0.343. The normalized spacial score (nSPS) is 20.4. The van der Waals surface area contributed by atoms with Gasteiger partial charge in [0.1, 0.15) is 0 Å². The third kappa shape index (κ3) is 8.38. The minimum atomic E-state index is -7.76. The summed E-state index contributed by atoms with van der Waals surface area (Å²) in [6, 6.07) is 0. The van der Waals surface area contributed by atoms with Crippen LogP contribution in [0.5, 0.6) is 0 Å². The summed E-state index contributed by atoms with van der Waals surface area (Å²) in [5.74, 6) is -60.6. The van der Waals surface area contributed by atoms with E-state index in [1.165, 1.54) is 0 Å². The van der Waals surface area contributed by atoms with Crippen molar-refractivity contribution < 1.29 is 123 Å².